The first-order valence-electron chi connectivity index (χ1n) is 18.1. The Morgan fingerprint density at radius 2 is 1.62 bits per heavy atom. The summed E-state index contributed by atoms with van der Waals surface area (Å²) < 4.78 is 6.48. The molecule has 2 aromatic rings. The Balaban J connectivity index is 1.05. The third-order valence-corrected chi connectivity index (χ3v) is 11.7. The predicted octanol–water partition coefficient (Wildman–Crippen LogP) is 8.25. The Morgan fingerprint density at radius 1 is 0.911 bits per heavy atom. The highest BCUT2D eigenvalue weighted by Gasteiger charge is 2.50. The first-order chi connectivity index (χ1) is 21.9. The van der Waals surface area contributed by atoms with Gasteiger partial charge in [-0.1, -0.05) is 81.5 Å². The van der Waals surface area contributed by atoms with Gasteiger partial charge in [0.1, 0.15) is 5.60 Å². The number of hydrogen-bond acceptors (Lipinski definition) is 4. The van der Waals surface area contributed by atoms with E-state index >= 15 is 0 Å². The van der Waals surface area contributed by atoms with Crippen LogP contribution in [0.25, 0.3) is 11.1 Å². The molecule has 2 aromatic carbocycles. The topological polar surface area (TPSA) is 53.1 Å². The van der Waals surface area contributed by atoms with Crippen LogP contribution in [-0.4, -0.2) is 77.6 Å². The van der Waals surface area contributed by atoms with E-state index in [9.17, 15) is 9.59 Å². The van der Waals surface area contributed by atoms with E-state index in [1.807, 2.05) is 6.07 Å². The van der Waals surface area contributed by atoms with Crippen LogP contribution in [0.1, 0.15) is 105 Å². The van der Waals surface area contributed by atoms with Gasteiger partial charge in [0.25, 0.3) is 5.91 Å². The number of piperidine rings is 2. The van der Waals surface area contributed by atoms with E-state index in [-0.39, 0.29) is 17.6 Å². The standard InChI is InChI=1S/C39H55N3O3/c1-4-5-16-33-28-42(27-31-12-8-6-9-13-31)38(44)45-39(33)21-25-40(26-22-39)34-19-23-41(24-20-34)37(43)36-29(2)17-18-35(30(36)3)32-14-10-7-11-15-32/h7,10-11,14-15,17-18,31,33-34H,4-6,8-9,12-13,16,19-28H2,1-3H3. The molecule has 3 heterocycles. The summed E-state index contributed by atoms with van der Waals surface area (Å²) in [5.41, 5.74) is 4.98. The second-order valence-corrected chi connectivity index (χ2v) is 14.5. The Hall–Kier alpha value is -2.86. The number of rotatable bonds is 8. The van der Waals surface area contributed by atoms with E-state index in [0.717, 1.165) is 99.2 Å². The molecular weight excluding hydrogens is 558 g/mol. The van der Waals surface area contributed by atoms with Crippen molar-refractivity contribution in [1.29, 1.82) is 0 Å². The zero-order valence-corrected chi connectivity index (χ0v) is 28.1. The largest absolute Gasteiger partial charge is 0.442 e. The highest BCUT2D eigenvalue weighted by atomic mass is 16.6. The number of benzene rings is 2. The molecule has 0 bridgehead atoms. The zero-order valence-electron chi connectivity index (χ0n) is 28.1. The SMILES string of the molecule is CCCCC1CN(CC2CCCCC2)C(=O)OC12CCN(C1CCN(C(=O)c3c(C)ccc(-c4ccccc4)c3C)CC1)CC2. The van der Waals surface area contributed by atoms with Gasteiger partial charge in [-0.3, -0.25) is 9.69 Å². The summed E-state index contributed by atoms with van der Waals surface area (Å²) >= 11 is 0. The average molecular weight is 614 g/mol. The van der Waals surface area contributed by atoms with Crippen LogP contribution < -0.4 is 0 Å². The number of likely N-dealkylation sites (tertiary alicyclic amines) is 2. The normalized spacial score (nSPS) is 23.4. The summed E-state index contributed by atoms with van der Waals surface area (Å²) in [4.78, 5) is 34.0. The van der Waals surface area contributed by atoms with Gasteiger partial charge in [-0.15, -0.1) is 0 Å². The lowest BCUT2D eigenvalue weighted by Gasteiger charge is -2.52. The molecule has 4 aliphatic rings. The molecular formula is C39H55N3O3. The molecule has 6 rings (SSSR count). The lowest BCUT2D eigenvalue weighted by Crippen LogP contribution is -2.61. The maximum absolute atomic E-state index is 13.9. The zero-order chi connectivity index (χ0) is 31.4. The second kappa shape index (κ2) is 14.3. The minimum absolute atomic E-state index is 0.0597. The molecule has 4 fully saturated rings. The maximum Gasteiger partial charge on any atom is 0.410 e. The quantitative estimate of drug-likeness (QED) is 0.301. The van der Waals surface area contributed by atoms with E-state index < -0.39 is 0 Å². The number of nitrogens with zero attached hydrogens (tertiary/aromatic N) is 3. The Labute approximate surface area is 271 Å². The van der Waals surface area contributed by atoms with Gasteiger partial charge in [0, 0.05) is 69.6 Å². The fraction of sp³-hybridized carbons (Fsp3) is 0.641. The molecule has 1 atom stereocenters. The maximum atomic E-state index is 13.9. The van der Waals surface area contributed by atoms with Gasteiger partial charge in [0.2, 0.25) is 0 Å². The molecule has 1 spiro atoms. The average Bonchev–Trinajstić information content (AvgIpc) is 3.07. The molecule has 45 heavy (non-hydrogen) atoms. The molecule has 6 nitrogen and oxygen atoms in total. The Bertz CT molecular complexity index is 1300. The number of hydrogen-bond donors (Lipinski definition) is 0. The highest BCUT2D eigenvalue weighted by Crippen LogP contribution is 2.42. The molecule has 0 aromatic heterocycles. The summed E-state index contributed by atoms with van der Waals surface area (Å²) in [5.74, 6) is 1.25. The molecule has 1 aliphatic carbocycles. The summed E-state index contributed by atoms with van der Waals surface area (Å²) in [6.07, 6.45) is 13.8. The number of aryl methyl sites for hydroxylation is 1. The van der Waals surface area contributed by atoms with Crippen molar-refractivity contribution in [2.24, 2.45) is 11.8 Å². The Kier molecular flexibility index (Phi) is 10.2. The smallest absolute Gasteiger partial charge is 0.410 e. The second-order valence-electron chi connectivity index (χ2n) is 14.5. The summed E-state index contributed by atoms with van der Waals surface area (Å²) in [5, 5.41) is 0. The van der Waals surface area contributed by atoms with Crippen LogP contribution >= 0.6 is 0 Å². The minimum atomic E-state index is -0.304. The molecule has 1 unspecified atom stereocenters. The van der Waals surface area contributed by atoms with Crippen LogP contribution in [0, 0.1) is 25.7 Å². The molecule has 1 saturated carbocycles. The monoisotopic (exact) mass is 613 g/mol. The fourth-order valence-corrected chi connectivity index (χ4v) is 8.94. The van der Waals surface area contributed by atoms with Crippen LogP contribution in [0.15, 0.2) is 42.5 Å². The molecule has 0 radical (unpaired) electrons. The molecule has 0 N–H and O–H groups in total. The van der Waals surface area contributed by atoms with Crippen molar-refractivity contribution >= 4 is 12.0 Å². The van der Waals surface area contributed by atoms with E-state index in [4.69, 9.17) is 4.74 Å². The van der Waals surface area contributed by atoms with Gasteiger partial charge in [-0.2, -0.15) is 0 Å². The van der Waals surface area contributed by atoms with Gasteiger partial charge in [0.15, 0.2) is 0 Å². The summed E-state index contributed by atoms with van der Waals surface area (Å²) in [7, 11) is 0. The first-order valence-corrected chi connectivity index (χ1v) is 18.1. The molecule has 6 heteroatoms. The number of carbonyl (C=O) groups is 2. The van der Waals surface area contributed by atoms with Gasteiger partial charge in [0.05, 0.1) is 0 Å². The van der Waals surface area contributed by atoms with Crippen molar-refractivity contribution in [1.82, 2.24) is 14.7 Å². The van der Waals surface area contributed by atoms with Crippen LogP contribution in [-0.2, 0) is 4.74 Å². The number of unbranched alkanes of at least 4 members (excludes halogenated alkanes) is 1. The summed E-state index contributed by atoms with van der Waals surface area (Å²) in [6, 6.07) is 15.1. The molecule has 3 aliphatic heterocycles. The number of ether oxygens (including phenoxy) is 1. The molecule has 244 valence electrons. The molecule has 3 saturated heterocycles. The van der Waals surface area contributed by atoms with E-state index in [1.54, 1.807) is 0 Å². The lowest BCUT2D eigenvalue weighted by atomic mass is 9.75. The molecule has 2 amide bonds. The fourth-order valence-electron chi connectivity index (χ4n) is 8.94. The third-order valence-electron chi connectivity index (χ3n) is 11.7. The van der Waals surface area contributed by atoms with Gasteiger partial charge in [-0.05, 0) is 74.1 Å². The van der Waals surface area contributed by atoms with Crippen molar-refractivity contribution in [3.8, 4) is 11.1 Å². The minimum Gasteiger partial charge on any atom is -0.442 e. The van der Waals surface area contributed by atoms with Crippen LogP contribution in [0.3, 0.4) is 0 Å². The van der Waals surface area contributed by atoms with Crippen molar-refractivity contribution in [3.63, 3.8) is 0 Å². The first kappa shape index (κ1) is 32.1. The van der Waals surface area contributed by atoms with Crippen LogP contribution in [0.2, 0.25) is 0 Å². The van der Waals surface area contributed by atoms with Gasteiger partial charge in [-0.25, -0.2) is 4.79 Å². The van der Waals surface area contributed by atoms with E-state index in [0.29, 0.717) is 17.9 Å². The van der Waals surface area contributed by atoms with Crippen molar-refractivity contribution in [2.75, 3.05) is 39.3 Å². The lowest BCUT2D eigenvalue weighted by molar-refractivity contribution is -0.127. The van der Waals surface area contributed by atoms with E-state index in [1.165, 1.54) is 44.9 Å². The number of amides is 2. The summed E-state index contributed by atoms with van der Waals surface area (Å²) in [6.45, 7) is 11.7. The van der Waals surface area contributed by atoms with Crippen molar-refractivity contribution in [3.05, 3.63) is 59.2 Å². The van der Waals surface area contributed by atoms with Gasteiger partial charge >= 0.3 is 6.09 Å². The van der Waals surface area contributed by atoms with Crippen LogP contribution in [0.4, 0.5) is 4.79 Å². The van der Waals surface area contributed by atoms with Gasteiger partial charge < -0.3 is 14.5 Å². The predicted molar refractivity (Wildman–Crippen MR) is 181 cm³/mol. The van der Waals surface area contributed by atoms with Crippen LogP contribution in [0.5, 0.6) is 0 Å². The third kappa shape index (κ3) is 6.96. The van der Waals surface area contributed by atoms with Crippen molar-refractivity contribution in [2.45, 2.75) is 109 Å². The number of carbonyl (C=O) groups excluding carboxylic acids is 2. The van der Waals surface area contributed by atoms with E-state index in [2.05, 4.69) is 71.9 Å². The Morgan fingerprint density at radius 3 is 2.31 bits per heavy atom. The highest BCUT2D eigenvalue weighted by molar-refractivity contribution is 5.99. The van der Waals surface area contributed by atoms with Crippen molar-refractivity contribution < 1.29 is 14.3 Å².